The summed E-state index contributed by atoms with van der Waals surface area (Å²) in [6.45, 7) is -0.711. The summed E-state index contributed by atoms with van der Waals surface area (Å²) in [4.78, 5) is 24.9. The van der Waals surface area contributed by atoms with E-state index >= 15 is 0 Å². The number of rotatable bonds is 3. The molecular weight excluding hydrogens is 178 g/mol. The van der Waals surface area contributed by atoms with Crippen molar-refractivity contribution in [3.63, 3.8) is 0 Å². The Bertz CT molecular complexity index is 241. The van der Waals surface area contributed by atoms with Gasteiger partial charge in [-0.05, 0) is 0 Å². The smallest absolute Gasteiger partial charge is 0.316 e. The molecule has 0 saturated carbocycles. The summed E-state index contributed by atoms with van der Waals surface area (Å²) in [6.07, 6.45) is 0. The van der Waals surface area contributed by atoms with E-state index in [1.807, 2.05) is 0 Å². The predicted octanol–water partition coefficient (Wildman–Crippen LogP) is -3.06. The van der Waals surface area contributed by atoms with Crippen molar-refractivity contribution in [1.29, 1.82) is 0 Å². The third-order valence-corrected chi connectivity index (χ3v) is 1.40. The van der Waals surface area contributed by atoms with E-state index in [-0.39, 0.29) is 19.2 Å². The van der Waals surface area contributed by atoms with Crippen LogP contribution in [-0.4, -0.2) is 47.2 Å². The van der Waals surface area contributed by atoms with Gasteiger partial charge < -0.3 is 10.2 Å². The van der Waals surface area contributed by atoms with E-state index in [1.165, 1.54) is 0 Å². The minimum atomic E-state index is -0.798. The summed E-state index contributed by atoms with van der Waals surface area (Å²) >= 11 is 0. The number of guanidine groups is 1. The molecule has 0 unspecified atom stereocenters. The first-order chi connectivity index (χ1) is 6.17. The van der Waals surface area contributed by atoms with Gasteiger partial charge in [-0.1, -0.05) is 0 Å². The molecule has 0 bridgehead atoms. The molecule has 2 amide bonds. The third kappa shape index (κ3) is 2.23. The molecule has 1 aliphatic rings. The van der Waals surface area contributed by atoms with Crippen LogP contribution >= 0.6 is 0 Å². The van der Waals surface area contributed by atoms with Gasteiger partial charge in [0.05, 0.1) is 19.3 Å². The average Bonchev–Trinajstić information content (AvgIpc) is 2.42. The Morgan fingerprint density at radius 1 is 1.15 bits per heavy atom. The molecule has 7 nitrogen and oxygen atoms in total. The Balaban J connectivity index is 2.63. The van der Waals surface area contributed by atoms with Crippen molar-refractivity contribution in [2.24, 2.45) is 4.99 Å². The molecule has 1 aliphatic heterocycles. The largest absolute Gasteiger partial charge is 0.394 e. The molecule has 1 fully saturated rings. The monoisotopic (exact) mass is 187 g/mol. The lowest BCUT2D eigenvalue weighted by molar-refractivity contribution is -0.135. The van der Waals surface area contributed by atoms with Gasteiger partial charge in [-0.25, -0.2) is 4.99 Å². The zero-order valence-electron chi connectivity index (χ0n) is 6.65. The van der Waals surface area contributed by atoms with Crippen molar-refractivity contribution >= 4 is 17.8 Å². The quantitative estimate of drug-likeness (QED) is 0.351. The number of aliphatic hydroxyl groups is 2. The molecule has 72 valence electrons. The summed E-state index contributed by atoms with van der Waals surface area (Å²) in [6, 6.07) is -0.728. The van der Waals surface area contributed by atoms with Gasteiger partial charge in [0, 0.05) is 0 Å². The zero-order chi connectivity index (χ0) is 9.84. The highest BCUT2D eigenvalue weighted by atomic mass is 16.3. The van der Waals surface area contributed by atoms with Crippen molar-refractivity contribution in [3.8, 4) is 0 Å². The second-order valence-corrected chi connectivity index (χ2v) is 2.40. The molecule has 0 spiro atoms. The Hall–Kier alpha value is -1.47. The highest BCUT2D eigenvalue weighted by molar-refractivity contribution is 6.45. The van der Waals surface area contributed by atoms with Gasteiger partial charge in [0.25, 0.3) is 0 Å². The maximum Gasteiger partial charge on any atom is 0.316 e. The number of hydrogen-bond acceptors (Lipinski definition) is 5. The normalized spacial score (nSPS) is 16.1. The van der Waals surface area contributed by atoms with Crippen LogP contribution in [0.5, 0.6) is 0 Å². The van der Waals surface area contributed by atoms with Crippen molar-refractivity contribution in [3.05, 3.63) is 0 Å². The second-order valence-electron chi connectivity index (χ2n) is 2.40. The summed E-state index contributed by atoms with van der Waals surface area (Å²) in [5, 5.41) is 21.5. The van der Waals surface area contributed by atoms with Crippen LogP contribution in [0.1, 0.15) is 0 Å². The number of hydrogen-bond donors (Lipinski definition) is 4. The number of carbonyl (C=O) groups is 2. The van der Waals surface area contributed by atoms with Crippen molar-refractivity contribution in [2.45, 2.75) is 6.04 Å². The highest BCUT2D eigenvalue weighted by Crippen LogP contribution is 1.90. The number of aliphatic hydroxyl groups excluding tert-OH is 2. The molecule has 1 rings (SSSR count). The molecule has 0 aliphatic carbocycles. The zero-order valence-corrected chi connectivity index (χ0v) is 6.65. The number of aliphatic imine (C=N–C) groups is 1. The molecule has 0 atom stereocenters. The molecule has 0 aromatic heterocycles. The van der Waals surface area contributed by atoms with Crippen LogP contribution in [0.4, 0.5) is 0 Å². The lowest BCUT2D eigenvalue weighted by Crippen LogP contribution is -2.30. The van der Waals surface area contributed by atoms with Gasteiger partial charge in [0.1, 0.15) is 0 Å². The van der Waals surface area contributed by atoms with Crippen LogP contribution in [0.3, 0.4) is 0 Å². The first-order valence-electron chi connectivity index (χ1n) is 3.59. The van der Waals surface area contributed by atoms with Gasteiger partial charge in [0.2, 0.25) is 5.96 Å². The topological polar surface area (TPSA) is 111 Å². The van der Waals surface area contributed by atoms with Crippen LogP contribution in [0.15, 0.2) is 4.99 Å². The standard InChI is InChI=1S/C6H9N3O4/c10-1-3(2-11)7-6-8-4(12)5(13)9-6/h3,10-11H,1-2H2,(H2,7,8,9,12,13). The number of nitrogens with one attached hydrogen (secondary N) is 2. The van der Waals surface area contributed by atoms with Crippen molar-refractivity contribution in [1.82, 2.24) is 10.6 Å². The maximum absolute atomic E-state index is 10.6. The van der Waals surface area contributed by atoms with Crippen LogP contribution < -0.4 is 10.6 Å². The fourth-order valence-corrected chi connectivity index (χ4v) is 0.746. The van der Waals surface area contributed by atoms with Crippen LogP contribution in [0.25, 0.3) is 0 Å². The van der Waals surface area contributed by atoms with Crippen LogP contribution in [-0.2, 0) is 9.59 Å². The molecule has 1 heterocycles. The van der Waals surface area contributed by atoms with Gasteiger partial charge in [-0.15, -0.1) is 0 Å². The lowest BCUT2D eigenvalue weighted by atomic mass is 10.4. The summed E-state index contributed by atoms with van der Waals surface area (Å²) < 4.78 is 0. The van der Waals surface area contributed by atoms with E-state index in [0.717, 1.165) is 0 Å². The predicted molar refractivity (Wildman–Crippen MR) is 41.7 cm³/mol. The fraction of sp³-hybridized carbons (Fsp3) is 0.500. The Morgan fingerprint density at radius 2 is 1.62 bits per heavy atom. The van der Waals surface area contributed by atoms with Crippen molar-refractivity contribution < 1.29 is 19.8 Å². The SMILES string of the molecule is O=C1NC(=NC(CO)CO)NC1=O. The second kappa shape index (κ2) is 3.97. The summed E-state index contributed by atoms with van der Waals surface area (Å²) in [5.74, 6) is -1.63. The Kier molecular flexibility index (Phi) is 2.93. The van der Waals surface area contributed by atoms with Gasteiger partial charge in [-0.3, -0.25) is 20.2 Å². The average molecular weight is 187 g/mol. The summed E-state index contributed by atoms with van der Waals surface area (Å²) in [5.41, 5.74) is 0. The van der Waals surface area contributed by atoms with Crippen LogP contribution in [0.2, 0.25) is 0 Å². The molecule has 0 radical (unpaired) electrons. The van der Waals surface area contributed by atoms with Crippen molar-refractivity contribution in [2.75, 3.05) is 13.2 Å². The van der Waals surface area contributed by atoms with E-state index in [2.05, 4.69) is 15.6 Å². The summed E-state index contributed by atoms with van der Waals surface area (Å²) in [7, 11) is 0. The minimum Gasteiger partial charge on any atom is -0.394 e. The number of carbonyl (C=O) groups excluding carboxylic acids is 2. The molecule has 1 saturated heterocycles. The maximum atomic E-state index is 10.6. The van der Waals surface area contributed by atoms with E-state index in [9.17, 15) is 9.59 Å². The molecule has 0 aromatic carbocycles. The van der Waals surface area contributed by atoms with E-state index in [1.54, 1.807) is 0 Å². The Labute approximate surface area is 73.5 Å². The number of nitrogens with zero attached hydrogens (tertiary/aromatic N) is 1. The molecule has 0 aromatic rings. The van der Waals surface area contributed by atoms with Crippen LogP contribution in [0, 0.1) is 0 Å². The first-order valence-corrected chi connectivity index (χ1v) is 3.59. The lowest BCUT2D eigenvalue weighted by Gasteiger charge is -2.05. The highest BCUT2D eigenvalue weighted by Gasteiger charge is 2.25. The molecule has 7 heteroatoms. The third-order valence-electron chi connectivity index (χ3n) is 1.40. The van der Waals surface area contributed by atoms with E-state index in [0.29, 0.717) is 0 Å². The number of amides is 2. The van der Waals surface area contributed by atoms with Gasteiger partial charge in [-0.2, -0.15) is 0 Å². The fourth-order valence-electron chi connectivity index (χ4n) is 0.746. The molecular formula is C6H9N3O4. The van der Waals surface area contributed by atoms with Gasteiger partial charge >= 0.3 is 11.8 Å². The molecule has 4 N–H and O–H groups in total. The first kappa shape index (κ1) is 9.62. The van der Waals surface area contributed by atoms with E-state index < -0.39 is 17.9 Å². The Morgan fingerprint density at radius 3 is 2.00 bits per heavy atom. The van der Waals surface area contributed by atoms with E-state index in [4.69, 9.17) is 10.2 Å². The minimum absolute atomic E-state index is 0.0388. The van der Waals surface area contributed by atoms with Gasteiger partial charge in [0.15, 0.2) is 0 Å². The molecule has 13 heavy (non-hydrogen) atoms.